The van der Waals surface area contributed by atoms with Crippen molar-refractivity contribution < 1.29 is 23.4 Å². The number of nitrogens with one attached hydrogen (secondary N) is 1. The molecule has 0 spiro atoms. The molecule has 3 aromatic rings. The van der Waals surface area contributed by atoms with E-state index >= 15 is 0 Å². The first-order chi connectivity index (χ1) is 15.0. The van der Waals surface area contributed by atoms with E-state index in [1.807, 2.05) is 12.1 Å². The first kappa shape index (κ1) is 22.4. The van der Waals surface area contributed by atoms with Gasteiger partial charge in [0, 0.05) is 11.6 Å². The van der Waals surface area contributed by atoms with Gasteiger partial charge in [-0.1, -0.05) is 30.3 Å². The van der Waals surface area contributed by atoms with Gasteiger partial charge >= 0.3 is 0 Å². The van der Waals surface area contributed by atoms with Crippen molar-refractivity contribution in [2.24, 2.45) is 0 Å². The Labute approximate surface area is 188 Å². The highest BCUT2D eigenvalue weighted by molar-refractivity contribution is 9.10. The SMILES string of the molecule is COc1ccccc1NC(=O)/C=C/c1cc(Br)c(OCc2ccccc2F)c(OC)c1. The van der Waals surface area contributed by atoms with Crippen molar-refractivity contribution in [3.05, 3.63) is 88.2 Å². The van der Waals surface area contributed by atoms with Crippen LogP contribution in [0.15, 0.2) is 71.2 Å². The molecule has 0 atom stereocenters. The van der Waals surface area contributed by atoms with Crippen LogP contribution >= 0.6 is 15.9 Å². The van der Waals surface area contributed by atoms with Gasteiger partial charge in [-0.05, 0) is 57.9 Å². The number of carbonyl (C=O) groups is 1. The topological polar surface area (TPSA) is 56.8 Å². The third-order valence-corrected chi connectivity index (χ3v) is 4.96. The number of hydrogen-bond donors (Lipinski definition) is 1. The zero-order chi connectivity index (χ0) is 22.2. The zero-order valence-electron chi connectivity index (χ0n) is 17.0. The Morgan fingerprint density at radius 3 is 2.48 bits per heavy atom. The first-order valence-corrected chi connectivity index (χ1v) is 10.2. The van der Waals surface area contributed by atoms with E-state index in [-0.39, 0.29) is 18.3 Å². The number of ether oxygens (including phenoxy) is 3. The fraction of sp³-hybridized carbons (Fsp3) is 0.125. The van der Waals surface area contributed by atoms with Gasteiger partial charge in [0.2, 0.25) is 5.91 Å². The molecule has 7 heteroatoms. The molecule has 0 heterocycles. The molecule has 0 aliphatic carbocycles. The molecule has 1 N–H and O–H groups in total. The Morgan fingerprint density at radius 2 is 1.74 bits per heavy atom. The van der Waals surface area contributed by atoms with Crippen LogP contribution in [-0.2, 0) is 11.4 Å². The Morgan fingerprint density at radius 1 is 1.03 bits per heavy atom. The van der Waals surface area contributed by atoms with Gasteiger partial charge in [0.05, 0.1) is 24.4 Å². The molecule has 3 aromatic carbocycles. The number of methoxy groups -OCH3 is 2. The van der Waals surface area contributed by atoms with E-state index in [4.69, 9.17) is 14.2 Å². The molecular weight excluding hydrogens is 465 g/mol. The average molecular weight is 486 g/mol. The van der Waals surface area contributed by atoms with E-state index in [9.17, 15) is 9.18 Å². The van der Waals surface area contributed by atoms with Crippen LogP contribution in [0, 0.1) is 5.82 Å². The number of para-hydroxylation sites is 2. The average Bonchev–Trinajstić information content (AvgIpc) is 2.78. The molecule has 5 nitrogen and oxygen atoms in total. The summed E-state index contributed by atoms with van der Waals surface area (Å²) < 4.78 is 30.9. The molecule has 3 rings (SSSR count). The molecule has 0 bridgehead atoms. The summed E-state index contributed by atoms with van der Waals surface area (Å²) in [5, 5.41) is 2.78. The van der Waals surface area contributed by atoms with Gasteiger partial charge in [-0.15, -0.1) is 0 Å². The molecule has 160 valence electrons. The van der Waals surface area contributed by atoms with Crippen LogP contribution in [0.2, 0.25) is 0 Å². The van der Waals surface area contributed by atoms with Crippen molar-refractivity contribution in [1.29, 1.82) is 0 Å². The minimum atomic E-state index is -0.335. The van der Waals surface area contributed by atoms with Crippen LogP contribution < -0.4 is 19.5 Å². The Balaban J connectivity index is 1.73. The number of rotatable bonds is 8. The largest absolute Gasteiger partial charge is 0.495 e. The van der Waals surface area contributed by atoms with Crippen molar-refractivity contribution in [3.63, 3.8) is 0 Å². The molecule has 0 aliphatic rings. The van der Waals surface area contributed by atoms with Crippen LogP contribution in [0.4, 0.5) is 10.1 Å². The standard InChI is InChI=1S/C24H21BrFNO4/c1-29-21-10-6-5-9-20(21)27-23(28)12-11-16-13-18(25)24(22(14-16)30-2)31-15-17-7-3-4-8-19(17)26/h3-14H,15H2,1-2H3,(H,27,28)/b12-11+. The van der Waals surface area contributed by atoms with E-state index in [2.05, 4.69) is 21.2 Å². The van der Waals surface area contributed by atoms with Crippen LogP contribution in [0.25, 0.3) is 6.08 Å². The fourth-order valence-electron chi connectivity index (χ4n) is 2.84. The summed E-state index contributed by atoms with van der Waals surface area (Å²) in [7, 11) is 3.06. The second-order valence-electron chi connectivity index (χ2n) is 6.44. The highest BCUT2D eigenvalue weighted by atomic mass is 79.9. The van der Waals surface area contributed by atoms with Crippen molar-refractivity contribution in [2.45, 2.75) is 6.61 Å². The molecule has 0 saturated carbocycles. The van der Waals surface area contributed by atoms with E-state index in [0.29, 0.717) is 33.0 Å². The van der Waals surface area contributed by atoms with Gasteiger partial charge in [0.1, 0.15) is 18.2 Å². The number of anilines is 1. The lowest BCUT2D eigenvalue weighted by atomic mass is 10.1. The van der Waals surface area contributed by atoms with Gasteiger partial charge in [0.25, 0.3) is 0 Å². The molecule has 0 aromatic heterocycles. The number of carbonyl (C=O) groups excluding carboxylic acids is 1. The minimum Gasteiger partial charge on any atom is -0.495 e. The summed E-state index contributed by atoms with van der Waals surface area (Å²) in [6.45, 7) is 0.0537. The predicted molar refractivity (Wildman–Crippen MR) is 122 cm³/mol. The molecular formula is C24H21BrFNO4. The Hall–Kier alpha value is -3.32. The van der Waals surface area contributed by atoms with Gasteiger partial charge < -0.3 is 19.5 Å². The lowest BCUT2D eigenvalue weighted by Gasteiger charge is -2.14. The number of hydrogen-bond acceptors (Lipinski definition) is 4. The monoisotopic (exact) mass is 485 g/mol. The maximum Gasteiger partial charge on any atom is 0.248 e. The van der Waals surface area contributed by atoms with Crippen molar-refractivity contribution in [3.8, 4) is 17.2 Å². The lowest BCUT2D eigenvalue weighted by molar-refractivity contribution is -0.111. The van der Waals surface area contributed by atoms with Crippen LogP contribution in [-0.4, -0.2) is 20.1 Å². The summed E-state index contributed by atoms with van der Waals surface area (Å²) in [5.41, 5.74) is 1.74. The normalized spacial score (nSPS) is 10.7. The Kier molecular flexibility index (Phi) is 7.67. The van der Waals surface area contributed by atoms with Gasteiger partial charge in [-0.3, -0.25) is 4.79 Å². The molecule has 0 unspecified atom stereocenters. The summed E-state index contributed by atoms with van der Waals surface area (Å²) in [5.74, 6) is 0.833. The molecule has 0 aliphatic heterocycles. The number of halogens is 2. The van der Waals surface area contributed by atoms with Crippen molar-refractivity contribution >= 4 is 33.6 Å². The van der Waals surface area contributed by atoms with E-state index in [0.717, 1.165) is 5.56 Å². The molecule has 1 amide bonds. The summed E-state index contributed by atoms with van der Waals surface area (Å²) in [6, 6.07) is 17.1. The smallest absolute Gasteiger partial charge is 0.248 e. The van der Waals surface area contributed by atoms with E-state index < -0.39 is 0 Å². The predicted octanol–water partition coefficient (Wildman–Crippen LogP) is 5.84. The quantitative estimate of drug-likeness (QED) is 0.407. The maximum atomic E-state index is 13.8. The van der Waals surface area contributed by atoms with E-state index in [1.54, 1.807) is 55.7 Å². The highest BCUT2D eigenvalue weighted by Crippen LogP contribution is 2.37. The fourth-order valence-corrected chi connectivity index (χ4v) is 3.41. The van der Waals surface area contributed by atoms with E-state index in [1.165, 1.54) is 19.3 Å². The van der Waals surface area contributed by atoms with Gasteiger partial charge in [-0.2, -0.15) is 0 Å². The van der Waals surface area contributed by atoms with Gasteiger partial charge in [-0.25, -0.2) is 4.39 Å². The number of amides is 1. The third kappa shape index (κ3) is 5.86. The summed E-state index contributed by atoms with van der Waals surface area (Å²) >= 11 is 3.46. The minimum absolute atomic E-state index is 0.0537. The van der Waals surface area contributed by atoms with Crippen LogP contribution in [0.1, 0.15) is 11.1 Å². The number of benzene rings is 3. The van der Waals surface area contributed by atoms with Crippen molar-refractivity contribution in [2.75, 3.05) is 19.5 Å². The van der Waals surface area contributed by atoms with Crippen molar-refractivity contribution in [1.82, 2.24) is 0 Å². The molecule has 0 radical (unpaired) electrons. The van der Waals surface area contributed by atoms with Gasteiger partial charge in [0.15, 0.2) is 11.5 Å². The summed E-state index contributed by atoms with van der Waals surface area (Å²) in [6.07, 6.45) is 3.06. The second kappa shape index (κ2) is 10.6. The lowest BCUT2D eigenvalue weighted by Crippen LogP contribution is -2.08. The first-order valence-electron chi connectivity index (χ1n) is 9.37. The Bertz CT molecular complexity index is 1100. The van der Waals surface area contributed by atoms with Crippen LogP contribution in [0.5, 0.6) is 17.2 Å². The molecule has 31 heavy (non-hydrogen) atoms. The molecule has 0 fully saturated rings. The third-order valence-electron chi connectivity index (χ3n) is 4.37. The maximum absolute atomic E-state index is 13.8. The zero-order valence-corrected chi connectivity index (χ0v) is 18.6. The molecule has 0 saturated heterocycles. The summed E-state index contributed by atoms with van der Waals surface area (Å²) in [4.78, 5) is 12.3. The highest BCUT2D eigenvalue weighted by Gasteiger charge is 2.13. The van der Waals surface area contributed by atoms with Crippen LogP contribution in [0.3, 0.4) is 0 Å². The second-order valence-corrected chi connectivity index (χ2v) is 7.29.